The number of ether oxygens (including phenoxy) is 2. The van der Waals surface area contributed by atoms with Crippen LogP contribution < -0.4 is 10.1 Å². The van der Waals surface area contributed by atoms with E-state index in [0.717, 1.165) is 30.8 Å². The Bertz CT molecular complexity index is 1080. The van der Waals surface area contributed by atoms with Crippen molar-refractivity contribution < 1.29 is 19.1 Å². The normalized spacial score (nSPS) is 10.6. The molecule has 0 aliphatic carbocycles. The summed E-state index contributed by atoms with van der Waals surface area (Å²) in [7, 11) is 3.57. The highest BCUT2D eigenvalue weighted by Gasteiger charge is 2.13. The molecule has 1 heterocycles. The average molecular weight is 469 g/mol. The van der Waals surface area contributed by atoms with E-state index in [-0.39, 0.29) is 11.7 Å². The van der Waals surface area contributed by atoms with Gasteiger partial charge in [-0.1, -0.05) is 30.0 Å². The van der Waals surface area contributed by atoms with E-state index in [1.807, 2.05) is 23.7 Å². The van der Waals surface area contributed by atoms with Gasteiger partial charge in [0.2, 0.25) is 5.91 Å². The summed E-state index contributed by atoms with van der Waals surface area (Å²) in [4.78, 5) is 24.2. The molecule has 0 unspecified atom stereocenters. The van der Waals surface area contributed by atoms with Crippen molar-refractivity contribution in [3.63, 3.8) is 0 Å². The number of esters is 1. The van der Waals surface area contributed by atoms with Crippen LogP contribution in [0.25, 0.3) is 0 Å². The Balaban J connectivity index is 1.47. The lowest BCUT2D eigenvalue weighted by Gasteiger charge is -2.07. The highest BCUT2D eigenvalue weighted by atomic mass is 32.2. The average Bonchev–Trinajstić information content (AvgIpc) is 3.17. The van der Waals surface area contributed by atoms with Gasteiger partial charge in [0.1, 0.15) is 11.6 Å². The van der Waals surface area contributed by atoms with Crippen molar-refractivity contribution in [1.29, 1.82) is 0 Å². The van der Waals surface area contributed by atoms with Gasteiger partial charge < -0.3 is 19.4 Å². The summed E-state index contributed by atoms with van der Waals surface area (Å²) in [6.07, 6.45) is 2.68. The molecular formula is C24H28N4O4S. The number of amides is 1. The van der Waals surface area contributed by atoms with E-state index in [1.165, 1.54) is 17.3 Å². The first kappa shape index (κ1) is 24.3. The van der Waals surface area contributed by atoms with E-state index >= 15 is 0 Å². The second kappa shape index (κ2) is 12.1. The molecule has 0 saturated heterocycles. The number of hydrogen-bond acceptors (Lipinski definition) is 7. The SMILES string of the molecule is CCOC(=O)c1cccc(NC(=O)CSc2nnc(CCCc3ccc(OC)cc3)n2C)c1. The van der Waals surface area contributed by atoms with Crippen molar-refractivity contribution in [3.05, 3.63) is 65.5 Å². The molecule has 1 N–H and O–H groups in total. The fourth-order valence-corrected chi connectivity index (χ4v) is 3.93. The molecule has 1 aromatic heterocycles. The van der Waals surface area contributed by atoms with Crippen LogP contribution in [0.1, 0.15) is 35.1 Å². The Morgan fingerprint density at radius 3 is 2.61 bits per heavy atom. The van der Waals surface area contributed by atoms with Gasteiger partial charge in [-0.05, 0) is 55.7 Å². The largest absolute Gasteiger partial charge is 0.497 e. The number of aryl methyl sites for hydroxylation is 2. The number of benzene rings is 2. The Labute approximate surface area is 197 Å². The standard InChI is InChI=1S/C24H28N4O4S/c1-4-32-23(30)18-8-6-9-19(15-18)25-22(29)16-33-24-27-26-21(28(24)2)10-5-7-17-11-13-20(31-3)14-12-17/h6,8-9,11-15H,4-5,7,10,16H2,1-3H3,(H,25,29). The van der Waals surface area contributed by atoms with E-state index in [2.05, 4.69) is 27.6 Å². The minimum atomic E-state index is -0.415. The molecule has 0 saturated carbocycles. The first-order chi connectivity index (χ1) is 16.0. The fraction of sp³-hybridized carbons (Fsp3) is 0.333. The number of carbonyl (C=O) groups is 2. The molecule has 3 aromatic rings. The number of hydrogen-bond donors (Lipinski definition) is 1. The third kappa shape index (κ3) is 7.08. The van der Waals surface area contributed by atoms with Crippen molar-refractivity contribution in [2.45, 2.75) is 31.3 Å². The molecule has 3 rings (SSSR count). The topological polar surface area (TPSA) is 95.3 Å². The number of thioether (sulfide) groups is 1. The van der Waals surface area contributed by atoms with Crippen LogP contribution in [0, 0.1) is 0 Å². The van der Waals surface area contributed by atoms with E-state index in [9.17, 15) is 9.59 Å². The van der Waals surface area contributed by atoms with Gasteiger partial charge in [0.05, 0.1) is 25.0 Å². The van der Waals surface area contributed by atoms with Gasteiger partial charge in [-0.3, -0.25) is 4.79 Å². The summed E-state index contributed by atoms with van der Waals surface area (Å²) >= 11 is 1.32. The number of nitrogens with zero attached hydrogens (tertiary/aromatic N) is 3. The summed E-state index contributed by atoms with van der Waals surface area (Å²) in [5, 5.41) is 12.0. The predicted octanol–water partition coefficient (Wildman–Crippen LogP) is 3.91. The number of methoxy groups -OCH3 is 1. The van der Waals surface area contributed by atoms with Crippen LogP contribution in [0.4, 0.5) is 5.69 Å². The second-order valence-electron chi connectivity index (χ2n) is 7.30. The van der Waals surface area contributed by atoms with Crippen LogP contribution in [-0.2, 0) is 29.4 Å². The van der Waals surface area contributed by atoms with Crippen LogP contribution in [0.2, 0.25) is 0 Å². The van der Waals surface area contributed by atoms with E-state index in [0.29, 0.717) is 23.0 Å². The minimum Gasteiger partial charge on any atom is -0.497 e. The zero-order valence-electron chi connectivity index (χ0n) is 19.0. The monoisotopic (exact) mass is 468 g/mol. The zero-order chi connectivity index (χ0) is 23.6. The van der Waals surface area contributed by atoms with Gasteiger partial charge in [-0.2, -0.15) is 0 Å². The predicted molar refractivity (Wildman–Crippen MR) is 128 cm³/mol. The molecule has 2 aromatic carbocycles. The third-order valence-corrected chi connectivity index (χ3v) is 5.96. The molecule has 0 fully saturated rings. The van der Waals surface area contributed by atoms with E-state index in [4.69, 9.17) is 9.47 Å². The van der Waals surface area contributed by atoms with Crippen molar-refractivity contribution in [2.24, 2.45) is 7.05 Å². The first-order valence-electron chi connectivity index (χ1n) is 10.7. The molecule has 33 heavy (non-hydrogen) atoms. The number of aromatic nitrogens is 3. The highest BCUT2D eigenvalue weighted by molar-refractivity contribution is 7.99. The van der Waals surface area contributed by atoms with Crippen molar-refractivity contribution in [3.8, 4) is 5.75 Å². The number of rotatable bonds is 11. The van der Waals surface area contributed by atoms with Crippen LogP contribution in [0.15, 0.2) is 53.7 Å². The van der Waals surface area contributed by atoms with Gasteiger partial charge in [-0.15, -0.1) is 10.2 Å². The Morgan fingerprint density at radius 1 is 1.09 bits per heavy atom. The summed E-state index contributed by atoms with van der Waals surface area (Å²) in [6.45, 7) is 2.05. The molecule has 174 valence electrons. The molecule has 1 amide bonds. The van der Waals surface area contributed by atoms with Crippen LogP contribution >= 0.6 is 11.8 Å². The molecule has 0 bridgehead atoms. The minimum absolute atomic E-state index is 0.182. The van der Waals surface area contributed by atoms with Gasteiger partial charge in [0, 0.05) is 19.2 Å². The zero-order valence-corrected chi connectivity index (χ0v) is 19.9. The maximum Gasteiger partial charge on any atom is 0.338 e. The second-order valence-corrected chi connectivity index (χ2v) is 8.24. The molecule has 0 aliphatic heterocycles. The highest BCUT2D eigenvalue weighted by Crippen LogP contribution is 2.19. The summed E-state index contributed by atoms with van der Waals surface area (Å²) in [6, 6.07) is 14.7. The van der Waals surface area contributed by atoms with Crippen molar-refractivity contribution in [2.75, 3.05) is 24.8 Å². The van der Waals surface area contributed by atoms with Crippen molar-refractivity contribution >= 4 is 29.3 Å². The molecule has 0 aliphatic rings. The fourth-order valence-electron chi connectivity index (χ4n) is 3.20. The molecule has 0 atom stereocenters. The number of carbonyl (C=O) groups excluding carboxylic acids is 2. The number of nitrogens with one attached hydrogen (secondary N) is 1. The quantitative estimate of drug-likeness (QED) is 0.337. The lowest BCUT2D eigenvalue weighted by Crippen LogP contribution is -2.15. The summed E-state index contributed by atoms with van der Waals surface area (Å²) in [5.41, 5.74) is 2.19. The third-order valence-electron chi connectivity index (χ3n) is 4.94. The Morgan fingerprint density at radius 2 is 1.88 bits per heavy atom. The molecule has 8 nitrogen and oxygen atoms in total. The Kier molecular flexibility index (Phi) is 8.88. The molecule has 0 radical (unpaired) electrons. The van der Waals surface area contributed by atoms with Crippen molar-refractivity contribution in [1.82, 2.24) is 14.8 Å². The van der Waals surface area contributed by atoms with Crippen LogP contribution in [0.5, 0.6) is 5.75 Å². The Hall–Kier alpha value is -3.33. The smallest absolute Gasteiger partial charge is 0.338 e. The van der Waals surface area contributed by atoms with Gasteiger partial charge in [-0.25, -0.2) is 4.79 Å². The number of anilines is 1. The summed E-state index contributed by atoms with van der Waals surface area (Å²) in [5.74, 6) is 1.31. The van der Waals surface area contributed by atoms with Gasteiger partial charge >= 0.3 is 5.97 Å². The van der Waals surface area contributed by atoms with Crippen LogP contribution in [0.3, 0.4) is 0 Å². The molecular weight excluding hydrogens is 440 g/mol. The lowest BCUT2D eigenvalue weighted by molar-refractivity contribution is -0.113. The van der Waals surface area contributed by atoms with E-state index < -0.39 is 5.97 Å². The first-order valence-corrected chi connectivity index (χ1v) is 11.7. The van der Waals surface area contributed by atoms with Crippen LogP contribution in [-0.4, -0.2) is 46.1 Å². The maximum absolute atomic E-state index is 12.4. The lowest BCUT2D eigenvalue weighted by atomic mass is 10.1. The van der Waals surface area contributed by atoms with Gasteiger partial charge in [0.25, 0.3) is 0 Å². The summed E-state index contributed by atoms with van der Waals surface area (Å²) < 4.78 is 12.1. The maximum atomic E-state index is 12.4. The van der Waals surface area contributed by atoms with E-state index in [1.54, 1.807) is 38.3 Å². The van der Waals surface area contributed by atoms with Gasteiger partial charge in [0.15, 0.2) is 5.16 Å². The molecule has 9 heteroatoms. The molecule has 0 spiro atoms.